The van der Waals surface area contributed by atoms with Crippen LogP contribution < -0.4 is 5.32 Å². The molecule has 1 heteroatoms. The minimum atomic E-state index is 0.862. The summed E-state index contributed by atoms with van der Waals surface area (Å²) in [6, 6.07) is 0.862. The molecule has 0 spiro atoms. The molecule has 13 heavy (non-hydrogen) atoms. The summed E-state index contributed by atoms with van der Waals surface area (Å²) >= 11 is 0. The Morgan fingerprint density at radius 2 is 1.85 bits per heavy atom. The molecule has 1 nitrogen and oxygen atoms in total. The molecular formula is C12H25N. The van der Waals surface area contributed by atoms with Crippen LogP contribution >= 0.6 is 0 Å². The molecule has 0 aromatic carbocycles. The van der Waals surface area contributed by atoms with Crippen molar-refractivity contribution < 1.29 is 0 Å². The zero-order chi connectivity index (χ0) is 9.68. The Labute approximate surface area is 83.3 Å². The predicted molar refractivity (Wildman–Crippen MR) is 58.9 cm³/mol. The van der Waals surface area contributed by atoms with Gasteiger partial charge >= 0.3 is 0 Å². The van der Waals surface area contributed by atoms with Crippen LogP contribution in [-0.4, -0.2) is 12.6 Å². The molecule has 0 bridgehead atoms. The van der Waals surface area contributed by atoms with Crippen LogP contribution in [0.2, 0.25) is 0 Å². The van der Waals surface area contributed by atoms with Gasteiger partial charge in [-0.25, -0.2) is 0 Å². The van der Waals surface area contributed by atoms with E-state index in [0.29, 0.717) is 0 Å². The lowest BCUT2D eigenvalue weighted by Crippen LogP contribution is -2.37. The predicted octanol–water partition coefficient (Wildman–Crippen LogP) is 3.20. The zero-order valence-electron chi connectivity index (χ0n) is 9.47. The van der Waals surface area contributed by atoms with E-state index in [1.165, 1.54) is 38.6 Å². The van der Waals surface area contributed by atoms with Crippen molar-refractivity contribution in [1.82, 2.24) is 5.32 Å². The largest absolute Gasteiger partial charge is 0.314 e. The van der Waals surface area contributed by atoms with Crippen molar-refractivity contribution in [2.45, 2.75) is 58.9 Å². The Bertz CT molecular complexity index is 127. The summed E-state index contributed by atoms with van der Waals surface area (Å²) in [5.74, 6) is 1.73. The topological polar surface area (TPSA) is 12.0 Å². The highest BCUT2D eigenvalue weighted by atomic mass is 14.9. The summed E-state index contributed by atoms with van der Waals surface area (Å²) in [4.78, 5) is 0. The molecule has 0 saturated heterocycles. The van der Waals surface area contributed by atoms with E-state index in [2.05, 4.69) is 26.1 Å². The van der Waals surface area contributed by atoms with E-state index < -0.39 is 0 Å². The van der Waals surface area contributed by atoms with E-state index in [0.717, 1.165) is 17.9 Å². The second-order valence-electron chi connectivity index (χ2n) is 5.11. The maximum atomic E-state index is 3.64. The van der Waals surface area contributed by atoms with Gasteiger partial charge < -0.3 is 5.32 Å². The van der Waals surface area contributed by atoms with Gasteiger partial charge in [0, 0.05) is 6.04 Å². The van der Waals surface area contributed by atoms with E-state index in [1.54, 1.807) is 0 Å². The van der Waals surface area contributed by atoms with Crippen LogP contribution in [0, 0.1) is 11.8 Å². The van der Waals surface area contributed by atoms with Crippen molar-refractivity contribution in [1.29, 1.82) is 0 Å². The summed E-state index contributed by atoms with van der Waals surface area (Å²) in [6.07, 6.45) is 7.04. The van der Waals surface area contributed by atoms with Gasteiger partial charge in [-0.2, -0.15) is 0 Å². The average molecular weight is 183 g/mol. The van der Waals surface area contributed by atoms with Crippen LogP contribution in [-0.2, 0) is 0 Å². The van der Waals surface area contributed by atoms with Crippen LogP contribution in [0.1, 0.15) is 52.9 Å². The Morgan fingerprint density at radius 1 is 1.15 bits per heavy atom. The third-order valence-electron chi connectivity index (χ3n) is 3.10. The minimum absolute atomic E-state index is 0.862. The fourth-order valence-corrected chi connectivity index (χ4v) is 1.70. The molecule has 1 aliphatic rings. The lowest BCUT2D eigenvalue weighted by Gasteiger charge is -2.28. The normalized spacial score (nSPS) is 20.3. The molecule has 1 rings (SSSR count). The molecule has 1 unspecified atom stereocenters. The van der Waals surface area contributed by atoms with Gasteiger partial charge in [0.25, 0.3) is 0 Å². The van der Waals surface area contributed by atoms with E-state index in [9.17, 15) is 0 Å². The van der Waals surface area contributed by atoms with Gasteiger partial charge in [0.15, 0.2) is 0 Å². The third kappa shape index (κ3) is 4.66. The Balaban J connectivity index is 1.93. The Morgan fingerprint density at radius 3 is 2.31 bits per heavy atom. The molecule has 0 amide bonds. The maximum Gasteiger partial charge on any atom is 0.00671 e. The Hall–Kier alpha value is -0.0400. The molecular weight excluding hydrogens is 158 g/mol. The molecule has 1 atom stereocenters. The molecule has 1 N–H and O–H groups in total. The summed E-state index contributed by atoms with van der Waals surface area (Å²) in [6.45, 7) is 8.23. The lowest BCUT2D eigenvalue weighted by atomic mass is 9.92. The van der Waals surface area contributed by atoms with E-state index in [4.69, 9.17) is 0 Å². The fraction of sp³-hybridized carbons (Fsp3) is 1.00. The summed E-state index contributed by atoms with van der Waals surface area (Å²) in [5.41, 5.74) is 0. The van der Waals surface area contributed by atoms with Gasteiger partial charge in [0.1, 0.15) is 0 Å². The number of hydrogen-bond donors (Lipinski definition) is 1. The molecule has 1 fully saturated rings. The van der Waals surface area contributed by atoms with Gasteiger partial charge in [-0.1, -0.05) is 33.6 Å². The highest BCUT2D eigenvalue weighted by Crippen LogP contribution is 2.19. The SMILES string of the molecule is CC(C)CCC(C)CNC1CCC1. The van der Waals surface area contributed by atoms with Crippen LogP contribution in [0.5, 0.6) is 0 Å². The van der Waals surface area contributed by atoms with Crippen molar-refractivity contribution in [3.8, 4) is 0 Å². The van der Waals surface area contributed by atoms with Gasteiger partial charge in [-0.05, 0) is 37.6 Å². The summed E-state index contributed by atoms with van der Waals surface area (Å²) in [5, 5.41) is 3.64. The average Bonchev–Trinajstić information content (AvgIpc) is 1.98. The standard InChI is InChI=1S/C12H25N/c1-10(2)7-8-11(3)9-13-12-5-4-6-12/h10-13H,4-9H2,1-3H3. The first-order chi connectivity index (χ1) is 6.18. The van der Waals surface area contributed by atoms with Gasteiger partial charge in [0.05, 0.1) is 0 Å². The quantitative estimate of drug-likeness (QED) is 0.667. The second kappa shape index (κ2) is 5.64. The molecule has 0 aliphatic heterocycles. The van der Waals surface area contributed by atoms with E-state index in [-0.39, 0.29) is 0 Å². The first-order valence-corrected chi connectivity index (χ1v) is 5.92. The van der Waals surface area contributed by atoms with Crippen LogP contribution in [0.15, 0.2) is 0 Å². The van der Waals surface area contributed by atoms with Gasteiger partial charge in [-0.15, -0.1) is 0 Å². The molecule has 0 aromatic rings. The van der Waals surface area contributed by atoms with Crippen molar-refractivity contribution in [2.24, 2.45) is 11.8 Å². The van der Waals surface area contributed by atoms with Crippen molar-refractivity contribution >= 4 is 0 Å². The number of rotatable bonds is 6. The van der Waals surface area contributed by atoms with E-state index >= 15 is 0 Å². The minimum Gasteiger partial charge on any atom is -0.314 e. The highest BCUT2D eigenvalue weighted by molar-refractivity contribution is 4.76. The first kappa shape index (κ1) is 11.0. The van der Waals surface area contributed by atoms with Crippen LogP contribution in [0.25, 0.3) is 0 Å². The third-order valence-corrected chi connectivity index (χ3v) is 3.10. The first-order valence-electron chi connectivity index (χ1n) is 5.92. The fourth-order valence-electron chi connectivity index (χ4n) is 1.70. The summed E-state index contributed by atoms with van der Waals surface area (Å²) < 4.78 is 0. The molecule has 0 heterocycles. The monoisotopic (exact) mass is 183 g/mol. The van der Waals surface area contributed by atoms with Gasteiger partial charge in [0.2, 0.25) is 0 Å². The Kier molecular flexibility index (Phi) is 4.79. The van der Waals surface area contributed by atoms with Crippen molar-refractivity contribution in [3.05, 3.63) is 0 Å². The molecule has 1 aliphatic carbocycles. The lowest BCUT2D eigenvalue weighted by molar-refractivity contribution is 0.311. The molecule has 78 valence electrons. The zero-order valence-corrected chi connectivity index (χ0v) is 9.47. The van der Waals surface area contributed by atoms with Crippen molar-refractivity contribution in [2.75, 3.05) is 6.54 Å². The van der Waals surface area contributed by atoms with Crippen LogP contribution in [0.3, 0.4) is 0 Å². The van der Waals surface area contributed by atoms with E-state index in [1.807, 2.05) is 0 Å². The molecule has 0 aromatic heterocycles. The smallest absolute Gasteiger partial charge is 0.00671 e. The van der Waals surface area contributed by atoms with Crippen LogP contribution in [0.4, 0.5) is 0 Å². The summed E-state index contributed by atoms with van der Waals surface area (Å²) in [7, 11) is 0. The molecule has 0 radical (unpaired) electrons. The second-order valence-corrected chi connectivity index (χ2v) is 5.11. The van der Waals surface area contributed by atoms with Gasteiger partial charge in [-0.3, -0.25) is 0 Å². The molecule has 1 saturated carbocycles. The number of nitrogens with one attached hydrogen (secondary N) is 1. The van der Waals surface area contributed by atoms with Crippen molar-refractivity contribution in [3.63, 3.8) is 0 Å². The highest BCUT2D eigenvalue weighted by Gasteiger charge is 2.16. The maximum absolute atomic E-state index is 3.64. The number of hydrogen-bond acceptors (Lipinski definition) is 1.